The summed E-state index contributed by atoms with van der Waals surface area (Å²) in [5.74, 6) is 0. The Hall–Kier alpha value is -9.18. The van der Waals surface area contributed by atoms with Crippen molar-refractivity contribution < 1.29 is 8.83 Å². The third-order valence-corrected chi connectivity index (χ3v) is 14.6. The van der Waals surface area contributed by atoms with Crippen molar-refractivity contribution in [1.29, 1.82) is 0 Å². The Bertz CT molecular complexity index is 4070. The molecule has 14 rings (SSSR count). The Labute approximate surface area is 405 Å². The van der Waals surface area contributed by atoms with E-state index in [-0.39, 0.29) is 0 Å². The van der Waals surface area contributed by atoms with Crippen molar-refractivity contribution in [2.45, 2.75) is 5.41 Å². The largest absolute Gasteiger partial charge is 0.456 e. The number of benzene rings is 11. The first-order chi connectivity index (χ1) is 34.7. The number of para-hydroxylation sites is 3. The normalized spacial score (nSPS) is 12.7. The van der Waals surface area contributed by atoms with E-state index in [0.717, 1.165) is 94.3 Å². The van der Waals surface area contributed by atoms with E-state index in [2.05, 4.69) is 241 Å². The van der Waals surface area contributed by atoms with Gasteiger partial charge in [-0.25, -0.2) is 0 Å². The molecule has 0 fully saturated rings. The van der Waals surface area contributed by atoms with Gasteiger partial charge >= 0.3 is 0 Å². The molecule has 0 bridgehead atoms. The molecule has 1 aliphatic rings. The Morgan fingerprint density at radius 3 is 1.51 bits per heavy atom. The predicted octanol–water partition coefficient (Wildman–Crippen LogP) is 18.3. The summed E-state index contributed by atoms with van der Waals surface area (Å²) in [6.45, 7) is 0. The Morgan fingerprint density at radius 1 is 0.300 bits per heavy atom. The third kappa shape index (κ3) is 6.15. The first-order valence-electron chi connectivity index (χ1n) is 24.0. The molecule has 0 unspecified atom stereocenters. The second-order valence-corrected chi connectivity index (χ2v) is 18.3. The van der Waals surface area contributed by atoms with Crippen LogP contribution in [0.5, 0.6) is 0 Å². The fraction of sp³-hybridized carbons (Fsp3) is 0.0149. The summed E-state index contributed by atoms with van der Waals surface area (Å²) in [4.78, 5) is 2.44. The molecule has 3 heteroatoms. The molecular formula is C67H43NO2. The molecule has 2 heterocycles. The average molecular weight is 894 g/mol. The van der Waals surface area contributed by atoms with Gasteiger partial charge in [-0.1, -0.05) is 200 Å². The van der Waals surface area contributed by atoms with Crippen molar-refractivity contribution in [2.24, 2.45) is 0 Å². The average Bonchev–Trinajstić information content (AvgIpc) is 4.11. The van der Waals surface area contributed by atoms with Crippen LogP contribution in [0.3, 0.4) is 0 Å². The minimum Gasteiger partial charge on any atom is -0.456 e. The summed E-state index contributed by atoms with van der Waals surface area (Å²) in [7, 11) is 0. The van der Waals surface area contributed by atoms with Crippen LogP contribution in [0, 0.1) is 0 Å². The van der Waals surface area contributed by atoms with Gasteiger partial charge in [-0.15, -0.1) is 0 Å². The first kappa shape index (κ1) is 39.9. The van der Waals surface area contributed by atoms with E-state index >= 15 is 0 Å². The molecule has 11 aromatic carbocycles. The molecule has 0 radical (unpaired) electrons. The number of hydrogen-bond donors (Lipinski definition) is 0. The Balaban J connectivity index is 0.921. The fourth-order valence-electron chi connectivity index (χ4n) is 11.4. The fourth-order valence-corrected chi connectivity index (χ4v) is 11.4. The molecule has 70 heavy (non-hydrogen) atoms. The maximum Gasteiger partial charge on any atom is 0.143 e. The number of hydrogen-bond acceptors (Lipinski definition) is 3. The van der Waals surface area contributed by atoms with Crippen LogP contribution in [0.2, 0.25) is 0 Å². The molecular weight excluding hydrogens is 851 g/mol. The maximum absolute atomic E-state index is 6.48. The maximum atomic E-state index is 6.48. The van der Waals surface area contributed by atoms with Crippen molar-refractivity contribution in [2.75, 3.05) is 4.90 Å². The third-order valence-electron chi connectivity index (χ3n) is 14.6. The smallest absolute Gasteiger partial charge is 0.143 e. The second kappa shape index (κ2) is 16.0. The summed E-state index contributed by atoms with van der Waals surface area (Å²) in [6, 6.07) is 94.3. The molecule has 0 N–H and O–H groups in total. The van der Waals surface area contributed by atoms with E-state index in [1.54, 1.807) is 0 Å². The lowest BCUT2D eigenvalue weighted by Gasteiger charge is -2.34. The molecule has 0 saturated carbocycles. The van der Waals surface area contributed by atoms with E-state index in [0.29, 0.717) is 0 Å². The highest BCUT2D eigenvalue weighted by Crippen LogP contribution is 2.59. The van der Waals surface area contributed by atoms with Gasteiger partial charge in [0, 0.05) is 44.0 Å². The summed E-state index contributed by atoms with van der Waals surface area (Å²) in [5.41, 5.74) is 20.5. The van der Waals surface area contributed by atoms with Crippen LogP contribution >= 0.6 is 0 Å². The van der Waals surface area contributed by atoms with E-state index in [9.17, 15) is 0 Å². The SMILES string of the molecule is c1ccc(C2(c3ccccc3)c3ccccc3-c3c(N(c4ccc(-c5cccc(-c6cccc7c6oc6ccccc67)c5)cc4)c4ccc(-c5ccc6c(c5)oc5ccccc56)cc4)cccc32)cc1. The summed E-state index contributed by atoms with van der Waals surface area (Å²) < 4.78 is 12.8. The highest BCUT2D eigenvalue weighted by molar-refractivity contribution is 6.10. The minimum absolute atomic E-state index is 0.531. The summed E-state index contributed by atoms with van der Waals surface area (Å²) in [6.07, 6.45) is 0. The van der Waals surface area contributed by atoms with Crippen molar-refractivity contribution in [1.82, 2.24) is 0 Å². The van der Waals surface area contributed by atoms with Gasteiger partial charge in [-0.2, -0.15) is 0 Å². The van der Waals surface area contributed by atoms with Gasteiger partial charge in [-0.3, -0.25) is 0 Å². The zero-order chi connectivity index (χ0) is 46.2. The number of anilines is 3. The zero-order valence-corrected chi connectivity index (χ0v) is 38.1. The Kier molecular flexibility index (Phi) is 9.11. The van der Waals surface area contributed by atoms with Gasteiger partial charge in [0.25, 0.3) is 0 Å². The molecule has 1 aliphatic carbocycles. The molecule has 0 atom stereocenters. The van der Waals surface area contributed by atoms with Gasteiger partial charge in [0.2, 0.25) is 0 Å². The van der Waals surface area contributed by atoms with Crippen LogP contribution in [0.1, 0.15) is 22.3 Å². The van der Waals surface area contributed by atoms with Gasteiger partial charge in [0.05, 0.1) is 11.1 Å². The van der Waals surface area contributed by atoms with Crippen LogP contribution in [-0.4, -0.2) is 0 Å². The highest BCUT2D eigenvalue weighted by Gasteiger charge is 2.47. The van der Waals surface area contributed by atoms with E-state index < -0.39 is 5.41 Å². The molecule has 0 saturated heterocycles. The lowest BCUT2D eigenvalue weighted by Crippen LogP contribution is -2.28. The van der Waals surface area contributed by atoms with Gasteiger partial charge < -0.3 is 13.7 Å². The number of fused-ring (bicyclic) bond motifs is 9. The van der Waals surface area contributed by atoms with Gasteiger partial charge in [-0.05, 0) is 116 Å². The summed E-state index contributed by atoms with van der Waals surface area (Å²) in [5, 5.41) is 4.52. The lowest BCUT2D eigenvalue weighted by atomic mass is 9.68. The lowest BCUT2D eigenvalue weighted by molar-refractivity contribution is 0.669. The Morgan fingerprint density at radius 2 is 0.800 bits per heavy atom. The number of nitrogens with zero attached hydrogens (tertiary/aromatic N) is 1. The van der Waals surface area contributed by atoms with Crippen LogP contribution in [-0.2, 0) is 5.41 Å². The molecule has 0 spiro atoms. The molecule has 13 aromatic rings. The van der Waals surface area contributed by atoms with Gasteiger partial charge in [0.15, 0.2) is 0 Å². The molecule has 0 amide bonds. The van der Waals surface area contributed by atoms with Crippen LogP contribution in [0.15, 0.2) is 270 Å². The van der Waals surface area contributed by atoms with Crippen molar-refractivity contribution in [3.05, 3.63) is 283 Å². The topological polar surface area (TPSA) is 29.5 Å². The first-order valence-corrected chi connectivity index (χ1v) is 24.0. The molecule has 328 valence electrons. The van der Waals surface area contributed by atoms with E-state index in [4.69, 9.17) is 8.83 Å². The van der Waals surface area contributed by atoms with Crippen molar-refractivity contribution >= 4 is 60.9 Å². The van der Waals surface area contributed by atoms with Gasteiger partial charge in [0.1, 0.15) is 22.3 Å². The highest BCUT2D eigenvalue weighted by atomic mass is 16.3. The van der Waals surface area contributed by atoms with Crippen molar-refractivity contribution in [3.63, 3.8) is 0 Å². The quantitative estimate of drug-likeness (QED) is 0.152. The van der Waals surface area contributed by atoms with Crippen molar-refractivity contribution in [3.8, 4) is 44.5 Å². The number of rotatable bonds is 8. The summed E-state index contributed by atoms with van der Waals surface area (Å²) >= 11 is 0. The van der Waals surface area contributed by atoms with Crippen LogP contribution in [0.25, 0.3) is 88.4 Å². The van der Waals surface area contributed by atoms with Crippen LogP contribution < -0.4 is 4.90 Å². The van der Waals surface area contributed by atoms with E-state index in [1.807, 2.05) is 24.3 Å². The molecule has 0 aliphatic heterocycles. The molecule has 3 nitrogen and oxygen atoms in total. The minimum atomic E-state index is -0.531. The zero-order valence-electron chi connectivity index (χ0n) is 38.1. The predicted molar refractivity (Wildman–Crippen MR) is 289 cm³/mol. The number of furan rings is 2. The standard InChI is InChI=1S/C67H43NO2/c1-3-18-49(19-4-1)67(50-20-5-2-6-21-50)59-27-10-7-24-58(59)65-60(67)28-15-29-61(65)68(52-39-34-45(35-40-52)47-36-41-56-54-22-8-11-30-62(54)69-64(56)43-47)51-37-32-44(33-38-51)46-16-13-17-48(42-46)53-25-14-26-57-55-23-9-12-31-63(55)70-66(53)57/h1-43H. The molecule has 2 aromatic heterocycles. The second-order valence-electron chi connectivity index (χ2n) is 18.3. The monoisotopic (exact) mass is 893 g/mol. The van der Waals surface area contributed by atoms with E-state index in [1.165, 1.54) is 33.4 Å². The van der Waals surface area contributed by atoms with Crippen LogP contribution in [0.4, 0.5) is 17.1 Å².